The summed E-state index contributed by atoms with van der Waals surface area (Å²) in [6.07, 6.45) is 8.38. The Labute approximate surface area is 221 Å². The summed E-state index contributed by atoms with van der Waals surface area (Å²) < 4.78 is 5.01. The maximum absolute atomic E-state index is 5.01. The average Bonchev–Trinajstić information content (AvgIpc) is 3.74. The highest BCUT2D eigenvalue weighted by Gasteiger charge is 2.06. The van der Waals surface area contributed by atoms with Gasteiger partial charge >= 0.3 is 0 Å². The van der Waals surface area contributed by atoms with E-state index in [-0.39, 0.29) is 0 Å². The fraction of sp³-hybridized carbons (Fsp3) is 0.0625. The molecule has 0 fully saturated rings. The standard InChI is InChI=1S/C10H9N.C8H9N.C7H6N2.C7H5NO/c1-8-6-7-9-4-2-3-5-10(9)11-8;1-2-4-8-7(3-1)5-6-9-8;2*1-2-4-7-6(3-1)8-5-9-7/h2-7,11H,1H2;1-4,9H,5-6H2;1-5H,(H,8,9);1-5H. The highest BCUT2D eigenvalue weighted by atomic mass is 16.3. The molecule has 4 heterocycles. The van der Waals surface area contributed by atoms with Crippen molar-refractivity contribution >= 4 is 39.6 Å². The van der Waals surface area contributed by atoms with Crippen molar-refractivity contribution in [2.45, 2.75) is 6.42 Å². The molecule has 6 heteroatoms. The Morgan fingerprint density at radius 3 is 2.29 bits per heavy atom. The smallest absolute Gasteiger partial charge is 0.181 e. The second-order valence-corrected chi connectivity index (χ2v) is 8.64. The molecule has 2 aromatic heterocycles. The number of nitrogens with zero attached hydrogens (tertiary/aromatic N) is 2. The number of para-hydroxylation sites is 6. The Kier molecular flexibility index (Phi) is 7.91. The van der Waals surface area contributed by atoms with Gasteiger partial charge in [-0.15, -0.1) is 0 Å². The van der Waals surface area contributed by atoms with Crippen molar-refractivity contribution < 1.29 is 4.42 Å². The third kappa shape index (κ3) is 6.36. The Balaban J connectivity index is 0.000000104. The number of rotatable bonds is 0. The number of aromatic amines is 1. The van der Waals surface area contributed by atoms with Gasteiger partial charge in [-0.25, -0.2) is 9.97 Å². The monoisotopic (exact) mass is 499 g/mol. The third-order valence-corrected chi connectivity index (χ3v) is 6.01. The summed E-state index contributed by atoms with van der Waals surface area (Å²) in [5.41, 5.74) is 9.96. The molecule has 0 amide bonds. The molecule has 4 aromatic carbocycles. The van der Waals surface area contributed by atoms with Crippen molar-refractivity contribution in [2.24, 2.45) is 0 Å². The minimum atomic E-state index is 0.845. The van der Waals surface area contributed by atoms with Crippen LogP contribution in [0.25, 0.3) is 28.2 Å². The molecule has 0 atom stereocenters. The molecule has 0 spiro atoms. The van der Waals surface area contributed by atoms with Gasteiger partial charge in [0.2, 0.25) is 0 Å². The van der Waals surface area contributed by atoms with Crippen LogP contribution in [0.3, 0.4) is 0 Å². The fourth-order valence-corrected chi connectivity index (χ4v) is 4.09. The number of anilines is 2. The first kappa shape index (κ1) is 24.6. The number of imidazole rings is 1. The molecule has 0 saturated heterocycles. The zero-order valence-corrected chi connectivity index (χ0v) is 21.0. The molecule has 8 rings (SSSR count). The SMILES string of the molecule is C=C1C=Cc2ccccc2N1.c1ccc2[nH]cnc2c1.c1ccc2c(c1)CCN2.c1ccc2ocnc2c1. The van der Waals surface area contributed by atoms with Crippen molar-refractivity contribution in [1.29, 1.82) is 0 Å². The molecule has 2 aliphatic heterocycles. The van der Waals surface area contributed by atoms with E-state index >= 15 is 0 Å². The van der Waals surface area contributed by atoms with E-state index in [1.54, 1.807) is 6.33 Å². The predicted molar refractivity (Wildman–Crippen MR) is 157 cm³/mol. The lowest BCUT2D eigenvalue weighted by Gasteiger charge is -2.13. The summed E-state index contributed by atoms with van der Waals surface area (Å²) in [6, 6.07) is 32.2. The summed E-state index contributed by atoms with van der Waals surface area (Å²) in [6.45, 7) is 4.93. The van der Waals surface area contributed by atoms with E-state index < -0.39 is 0 Å². The van der Waals surface area contributed by atoms with Crippen molar-refractivity contribution in [3.63, 3.8) is 0 Å². The van der Waals surface area contributed by atoms with Crippen LogP contribution in [0.15, 0.2) is 133 Å². The second kappa shape index (κ2) is 12.2. The molecule has 6 nitrogen and oxygen atoms in total. The first-order valence-electron chi connectivity index (χ1n) is 12.5. The average molecular weight is 500 g/mol. The Morgan fingerprint density at radius 2 is 1.45 bits per heavy atom. The second-order valence-electron chi connectivity index (χ2n) is 8.64. The molecule has 38 heavy (non-hydrogen) atoms. The van der Waals surface area contributed by atoms with E-state index in [9.17, 15) is 0 Å². The van der Waals surface area contributed by atoms with Gasteiger partial charge in [-0.1, -0.05) is 73.3 Å². The van der Waals surface area contributed by atoms with Crippen LogP contribution >= 0.6 is 0 Å². The zero-order valence-electron chi connectivity index (χ0n) is 21.0. The summed E-state index contributed by atoms with van der Waals surface area (Å²) in [7, 11) is 0. The minimum absolute atomic E-state index is 0.845. The number of fused-ring (bicyclic) bond motifs is 4. The topological polar surface area (TPSA) is 78.8 Å². The van der Waals surface area contributed by atoms with Crippen LogP contribution in [-0.4, -0.2) is 21.5 Å². The number of hydrogen-bond acceptors (Lipinski definition) is 5. The van der Waals surface area contributed by atoms with Crippen LogP contribution < -0.4 is 10.6 Å². The quantitative estimate of drug-likeness (QED) is 0.200. The Morgan fingerprint density at radius 1 is 0.711 bits per heavy atom. The van der Waals surface area contributed by atoms with E-state index in [4.69, 9.17) is 4.42 Å². The van der Waals surface area contributed by atoms with Crippen LogP contribution in [0, 0.1) is 0 Å². The van der Waals surface area contributed by atoms with E-state index in [2.05, 4.69) is 68.6 Å². The molecule has 2 aliphatic rings. The van der Waals surface area contributed by atoms with Crippen LogP contribution in [0.4, 0.5) is 11.4 Å². The Bertz CT molecular complexity index is 1510. The Hall–Kier alpha value is -5.10. The molecular weight excluding hydrogens is 470 g/mol. The van der Waals surface area contributed by atoms with Gasteiger partial charge in [0.1, 0.15) is 5.52 Å². The number of aromatic nitrogens is 3. The molecule has 0 unspecified atom stereocenters. The first-order valence-corrected chi connectivity index (χ1v) is 12.5. The summed E-state index contributed by atoms with van der Waals surface area (Å²) in [5, 5.41) is 6.48. The van der Waals surface area contributed by atoms with Gasteiger partial charge in [0.25, 0.3) is 0 Å². The van der Waals surface area contributed by atoms with E-state index in [1.807, 2.05) is 72.8 Å². The largest absolute Gasteiger partial charge is 0.443 e. The molecule has 0 aliphatic carbocycles. The molecular formula is C32H29N5O. The van der Waals surface area contributed by atoms with E-state index in [1.165, 1.54) is 29.6 Å². The van der Waals surface area contributed by atoms with Crippen molar-refractivity contribution in [2.75, 3.05) is 17.2 Å². The third-order valence-electron chi connectivity index (χ3n) is 6.01. The first-order chi connectivity index (χ1) is 18.8. The van der Waals surface area contributed by atoms with Crippen LogP contribution in [0.1, 0.15) is 11.1 Å². The van der Waals surface area contributed by atoms with Crippen molar-refractivity contribution in [1.82, 2.24) is 15.0 Å². The van der Waals surface area contributed by atoms with Gasteiger partial charge < -0.3 is 20.0 Å². The number of hydrogen-bond donors (Lipinski definition) is 3. The van der Waals surface area contributed by atoms with Crippen molar-refractivity contribution in [3.8, 4) is 0 Å². The van der Waals surface area contributed by atoms with Crippen LogP contribution in [0.5, 0.6) is 0 Å². The minimum Gasteiger partial charge on any atom is -0.443 e. The lowest BCUT2D eigenvalue weighted by Crippen LogP contribution is -2.00. The number of allylic oxidation sites excluding steroid dienone is 1. The van der Waals surface area contributed by atoms with Gasteiger partial charge in [0.15, 0.2) is 12.0 Å². The van der Waals surface area contributed by atoms with Gasteiger partial charge in [-0.05, 0) is 60.0 Å². The van der Waals surface area contributed by atoms with Crippen LogP contribution in [-0.2, 0) is 6.42 Å². The van der Waals surface area contributed by atoms with Crippen LogP contribution in [0.2, 0.25) is 0 Å². The predicted octanol–water partition coefficient (Wildman–Crippen LogP) is 7.68. The molecule has 0 radical (unpaired) electrons. The number of nitrogens with one attached hydrogen (secondary N) is 3. The summed E-state index contributed by atoms with van der Waals surface area (Å²) in [4.78, 5) is 11.0. The maximum Gasteiger partial charge on any atom is 0.181 e. The maximum atomic E-state index is 5.01. The van der Waals surface area contributed by atoms with Gasteiger partial charge in [-0.3, -0.25) is 0 Å². The fourth-order valence-electron chi connectivity index (χ4n) is 4.09. The zero-order chi connectivity index (χ0) is 26.0. The molecule has 6 aromatic rings. The van der Waals surface area contributed by atoms with E-state index in [0.29, 0.717) is 0 Å². The lowest BCUT2D eigenvalue weighted by atomic mass is 10.1. The number of H-pyrrole nitrogens is 1. The van der Waals surface area contributed by atoms with Gasteiger partial charge in [-0.2, -0.15) is 0 Å². The lowest BCUT2D eigenvalue weighted by molar-refractivity contribution is 0.602. The highest BCUT2D eigenvalue weighted by molar-refractivity contribution is 5.74. The molecule has 0 saturated carbocycles. The summed E-state index contributed by atoms with van der Waals surface area (Å²) in [5.74, 6) is 0. The van der Waals surface area contributed by atoms with Gasteiger partial charge in [0.05, 0.1) is 17.4 Å². The van der Waals surface area contributed by atoms with Crippen molar-refractivity contribution in [3.05, 3.63) is 139 Å². The normalized spacial score (nSPS) is 12.4. The molecule has 188 valence electrons. The number of benzene rings is 4. The molecule has 3 N–H and O–H groups in total. The number of oxazole rings is 1. The highest BCUT2D eigenvalue weighted by Crippen LogP contribution is 2.23. The van der Waals surface area contributed by atoms with Gasteiger partial charge in [0, 0.05) is 23.6 Å². The summed E-state index contributed by atoms with van der Waals surface area (Å²) >= 11 is 0. The molecule has 0 bridgehead atoms. The van der Waals surface area contributed by atoms with E-state index in [0.717, 1.165) is 40.1 Å².